The van der Waals surface area contributed by atoms with E-state index >= 15 is 0 Å². The lowest BCUT2D eigenvalue weighted by Crippen LogP contribution is -2.47. The van der Waals surface area contributed by atoms with Gasteiger partial charge in [0, 0.05) is 74.4 Å². The van der Waals surface area contributed by atoms with Crippen molar-refractivity contribution in [1.82, 2.24) is 14.8 Å². The third-order valence-corrected chi connectivity index (χ3v) is 6.20. The molecule has 6 heteroatoms. The monoisotopic (exact) mass is 352 g/mol. The molecule has 0 bridgehead atoms. The highest BCUT2D eigenvalue weighted by atomic mass is 16.3. The summed E-state index contributed by atoms with van der Waals surface area (Å²) in [5.74, 6) is 0.424. The summed E-state index contributed by atoms with van der Waals surface area (Å²) in [4.78, 5) is 22.6. The summed E-state index contributed by atoms with van der Waals surface area (Å²) in [5.41, 5.74) is 2.46. The van der Waals surface area contributed by atoms with Crippen LogP contribution >= 0.6 is 0 Å². The Bertz CT molecular complexity index is 868. The summed E-state index contributed by atoms with van der Waals surface area (Å²) >= 11 is 0. The van der Waals surface area contributed by atoms with Gasteiger partial charge in [-0.25, -0.2) is 4.98 Å². The van der Waals surface area contributed by atoms with Crippen LogP contribution in [0.2, 0.25) is 0 Å². The van der Waals surface area contributed by atoms with Crippen molar-refractivity contribution in [3.05, 3.63) is 30.0 Å². The predicted octanol–water partition coefficient (Wildman–Crippen LogP) is 1.61. The minimum Gasteiger partial charge on any atom is -0.493 e. The maximum atomic E-state index is 11.5. The molecule has 2 fully saturated rings. The van der Waals surface area contributed by atoms with Gasteiger partial charge < -0.3 is 14.9 Å². The minimum atomic E-state index is 0.125. The number of aromatic nitrogens is 1. The molecule has 0 radical (unpaired) electrons. The van der Waals surface area contributed by atoms with Gasteiger partial charge in [-0.3, -0.25) is 9.69 Å². The van der Waals surface area contributed by atoms with Crippen molar-refractivity contribution in [2.45, 2.75) is 25.3 Å². The minimum absolute atomic E-state index is 0.125. The number of anilines is 1. The molecule has 3 aliphatic rings. The van der Waals surface area contributed by atoms with E-state index in [4.69, 9.17) is 0 Å². The third-order valence-electron chi connectivity index (χ3n) is 6.20. The van der Waals surface area contributed by atoms with Crippen molar-refractivity contribution in [2.75, 3.05) is 44.2 Å². The molecule has 1 aromatic heterocycles. The SMILES string of the molecule is O=C1CCN1CCN1CCC(N2CCc3cnc(O)c4cccc2c34)C1. The number of carbonyl (C=O) groups excluding carboxylic acids is 1. The first-order valence-electron chi connectivity index (χ1n) is 9.57. The van der Waals surface area contributed by atoms with Crippen molar-refractivity contribution in [1.29, 1.82) is 0 Å². The van der Waals surface area contributed by atoms with Gasteiger partial charge in [-0.2, -0.15) is 0 Å². The molecule has 1 aromatic carbocycles. The molecule has 3 aliphatic heterocycles. The van der Waals surface area contributed by atoms with E-state index < -0.39 is 0 Å². The van der Waals surface area contributed by atoms with Crippen molar-refractivity contribution in [2.24, 2.45) is 0 Å². The van der Waals surface area contributed by atoms with Crippen LogP contribution in [0.4, 0.5) is 5.69 Å². The average molecular weight is 352 g/mol. The number of carbonyl (C=O) groups is 1. The van der Waals surface area contributed by atoms with Crippen molar-refractivity contribution < 1.29 is 9.90 Å². The molecular weight excluding hydrogens is 328 g/mol. The molecule has 1 N–H and O–H groups in total. The van der Waals surface area contributed by atoms with Gasteiger partial charge in [-0.05, 0) is 30.5 Å². The van der Waals surface area contributed by atoms with E-state index in [0.717, 1.165) is 69.3 Å². The Balaban J connectivity index is 1.34. The second-order valence-electron chi connectivity index (χ2n) is 7.62. The van der Waals surface area contributed by atoms with Gasteiger partial charge in [0.25, 0.3) is 0 Å². The topological polar surface area (TPSA) is 59.9 Å². The Kier molecular flexibility index (Phi) is 3.74. The summed E-state index contributed by atoms with van der Waals surface area (Å²) in [6.45, 7) is 5.91. The van der Waals surface area contributed by atoms with Crippen LogP contribution in [-0.4, -0.2) is 71.1 Å². The molecule has 0 aliphatic carbocycles. The van der Waals surface area contributed by atoms with Crippen LogP contribution in [0.1, 0.15) is 18.4 Å². The Hall–Kier alpha value is -2.34. The first-order valence-corrected chi connectivity index (χ1v) is 9.57. The summed E-state index contributed by atoms with van der Waals surface area (Å²) in [7, 11) is 0. The van der Waals surface area contributed by atoms with Gasteiger partial charge in [0.15, 0.2) is 0 Å². The number of amides is 1. The first kappa shape index (κ1) is 15.9. The van der Waals surface area contributed by atoms with Gasteiger partial charge in [-0.15, -0.1) is 0 Å². The van der Waals surface area contributed by atoms with Crippen LogP contribution in [0.25, 0.3) is 10.8 Å². The molecule has 6 nitrogen and oxygen atoms in total. The number of rotatable bonds is 4. The van der Waals surface area contributed by atoms with Crippen LogP contribution in [-0.2, 0) is 11.2 Å². The lowest BCUT2D eigenvalue weighted by Gasteiger charge is -2.36. The van der Waals surface area contributed by atoms with Crippen molar-refractivity contribution in [3.63, 3.8) is 0 Å². The summed E-state index contributed by atoms with van der Waals surface area (Å²) in [5, 5.41) is 12.2. The van der Waals surface area contributed by atoms with Crippen molar-refractivity contribution in [3.8, 4) is 5.88 Å². The van der Waals surface area contributed by atoms with E-state index in [1.807, 2.05) is 23.2 Å². The van der Waals surface area contributed by atoms with E-state index in [1.165, 1.54) is 11.3 Å². The molecule has 0 saturated carbocycles. The van der Waals surface area contributed by atoms with Gasteiger partial charge in [0.2, 0.25) is 11.8 Å². The maximum Gasteiger partial charge on any atom is 0.224 e. The van der Waals surface area contributed by atoms with Gasteiger partial charge in [0.1, 0.15) is 0 Å². The van der Waals surface area contributed by atoms with Crippen LogP contribution in [0.15, 0.2) is 24.4 Å². The lowest BCUT2D eigenvalue weighted by atomic mass is 9.97. The fraction of sp³-hybridized carbons (Fsp3) is 0.500. The van der Waals surface area contributed by atoms with Crippen LogP contribution in [0.3, 0.4) is 0 Å². The van der Waals surface area contributed by atoms with E-state index in [1.54, 1.807) is 0 Å². The number of hydrogen-bond acceptors (Lipinski definition) is 5. The van der Waals surface area contributed by atoms with Gasteiger partial charge in [0.05, 0.1) is 0 Å². The number of pyridine rings is 1. The van der Waals surface area contributed by atoms with Crippen molar-refractivity contribution >= 4 is 22.4 Å². The largest absolute Gasteiger partial charge is 0.493 e. The molecule has 4 heterocycles. The normalized spacial score (nSPS) is 22.9. The van der Waals surface area contributed by atoms with Gasteiger partial charge >= 0.3 is 0 Å². The highest BCUT2D eigenvalue weighted by molar-refractivity contribution is 6.00. The molecule has 1 unspecified atom stereocenters. The Morgan fingerprint density at radius 1 is 1.15 bits per heavy atom. The smallest absolute Gasteiger partial charge is 0.224 e. The molecule has 2 saturated heterocycles. The Morgan fingerprint density at radius 2 is 2.08 bits per heavy atom. The quantitative estimate of drug-likeness (QED) is 0.847. The number of aromatic hydroxyl groups is 1. The Labute approximate surface area is 153 Å². The highest BCUT2D eigenvalue weighted by Gasteiger charge is 2.32. The van der Waals surface area contributed by atoms with E-state index in [2.05, 4.69) is 20.9 Å². The lowest BCUT2D eigenvalue weighted by molar-refractivity contribution is -0.139. The summed E-state index contributed by atoms with van der Waals surface area (Å²) in [6.07, 6.45) is 4.67. The number of hydrogen-bond donors (Lipinski definition) is 1. The Morgan fingerprint density at radius 3 is 2.88 bits per heavy atom. The number of β-lactam (4-membered cyclic amide) rings is 1. The first-order chi connectivity index (χ1) is 12.7. The zero-order chi connectivity index (χ0) is 17.7. The average Bonchev–Trinajstić information content (AvgIpc) is 3.12. The number of benzene rings is 1. The standard InChI is InChI=1S/C20H24N4O2/c25-18-6-8-23(18)11-10-22-7-5-15(13-22)24-9-4-14-12-21-20(26)16-2-1-3-17(24)19(14)16/h1-3,12,15H,4-11,13H2,(H,21,26). The van der Waals surface area contributed by atoms with E-state index in [-0.39, 0.29) is 5.88 Å². The predicted molar refractivity (Wildman–Crippen MR) is 100 cm³/mol. The van der Waals surface area contributed by atoms with Gasteiger partial charge in [-0.1, -0.05) is 6.07 Å². The van der Waals surface area contributed by atoms with Crippen LogP contribution in [0, 0.1) is 0 Å². The molecule has 136 valence electrons. The fourth-order valence-corrected chi connectivity index (χ4v) is 4.64. The zero-order valence-electron chi connectivity index (χ0n) is 14.9. The second-order valence-corrected chi connectivity index (χ2v) is 7.62. The molecule has 0 spiro atoms. The second kappa shape index (κ2) is 6.13. The van der Waals surface area contributed by atoms with Crippen LogP contribution < -0.4 is 4.90 Å². The molecule has 2 aromatic rings. The van der Waals surface area contributed by atoms with Crippen LogP contribution in [0.5, 0.6) is 5.88 Å². The third kappa shape index (κ3) is 2.51. The fourth-order valence-electron chi connectivity index (χ4n) is 4.64. The van der Waals surface area contributed by atoms with E-state index in [0.29, 0.717) is 11.9 Å². The molecule has 5 rings (SSSR count). The molecular formula is C20H24N4O2. The number of likely N-dealkylation sites (tertiary alicyclic amines) is 2. The summed E-state index contributed by atoms with van der Waals surface area (Å²) in [6, 6.07) is 6.64. The van der Waals surface area contributed by atoms with E-state index in [9.17, 15) is 9.90 Å². The molecule has 1 atom stereocenters. The zero-order valence-corrected chi connectivity index (χ0v) is 14.9. The molecule has 26 heavy (non-hydrogen) atoms. The number of nitrogens with zero attached hydrogens (tertiary/aromatic N) is 4. The highest BCUT2D eigenvalue weighted by Crippen LogP contribution is 2.38. The summed E-state index contributed by atoms with van der Waals surface area (Å²) < 4.78 is 0. The molecule has 1 amide bonds. The maximum absolute atomic E-state index is 11.5.